The summed E-state index contributed by atoms with van der Waals surface area (Å²) in [6, 6.07) is 19.4. The third-order valence-corrected chi connectivity index (χ3v) is 4.14. The largest absolute Gasteiger partial charge is 0.416 e. The standard InChI is InChI=1S/C22H18F3N3O2/c23-22(24,25)17-6-4-5-15(13-17)14-26-21(30)28-19-11-9-16(10-12-19)20(29)27-18-7-2-1-3-8-18/h1-13H,14H2,(H,27,29)(H2,26,28,30). The topological polar surface area (TPSA) is 70.2 Å². The van der Waals surface area contributed by atoms with Gasteiger partial charge in [0.1, 0.15) is 0 Å². The van der Waals surface area contributed by atoms with Crippen LogP contribution in [0.1, 0.15) is 21.5 Å². The molecule has 0 aromatic heterocycles. The van der Waals surface area contributed by atoms with Gasteiger partial charge in [-0.05, 0) is 54.1 Å². The number of halogens is 3. The Morgan fingerprint density at radius 3 is 2.10 bits per heavy atom. The minimum absolute atomic E-state index is 0.0622. The van der Waals surface area contributed by atoms with E-state index in [2.05, 4.69) is 16.0 Å². The first kappa shape index (κ1) is 20.9. The lowest BCUT2D eigenvalue weighted by molar-refractivity contribution is -0.137. The summed E-state index contributed by atoms with van der Waals surface area (Å²) < 4.78 is 38.2. The zero-order valence-electron chi connectivity index (χ0n) is 15.7. The molecule has 0 heterocycles. The number of carbonyl (C=O) groups is 2. The fourth-order valence-electron chi connectivity index (χ4n) is 2.64. The molecule has 30 heavy (non-hydrogen) atoms. The summed E-state index contributed by atoms with van der Waals surface area (Å²) in [5, 5.41) is 7.82. The number of alkyl halides is 3. The Balaban J connectivity index is 1.53. The first-order valence-electron chi connectivity index (χ1n) is 8.99. The van der Waals surface area contributed by atoms with Crippen molar-refractivity contribution in [3.05, 3.63) is 95.6 Å². The van der Waals surface area contributed by atoms with E-state index in [1.54, 1.807) is 48.5 Å². The molecule has 5 nitrogen and oxygen atoms in total. The molecular weight excluding hydrogens is 395 g/mol. The van der Waals surface area contributed by atoms with Gasteiger partial charge in [-0.1, -0.05) is 30.3 Å². The van der Waals surface area contributed by atoms with Crippen LogP contribution >= 0.6 is 0 Å². The highest BCUT2D eigenvalue weighted by Gasteiger charge is 2.30. The SMILES string of the molecule is O=C(NCc1cccc(C(F)(F)F)c1)Nc1ccc(C(=O)Nc2ccccc2)cc1. The second kappa shape index (κ2) is 9.13. The van der Waals surface area contributed by atoms with Crippen LogP contribution in [0.5, 0.6) is 0 Å². The van der Waals surface area contributed by atoms with E-state index in [1.807, 2.05) is 6.07 Å². The predicted molar refractivity (Wildman–Crippen MR) is 108 cm³/mol. The zero-order valence-corrected chi connectivity index (χ0v) is 15.7. The number of para-hydroxylation sites is 1. The number of hydrogen-bond donors (Lipinski definition) is 3. The van der Waals surface area contributed by atoms with E-state index < -0.39 is 17.8 Å². The smallest absolute Gasteiger partial charge is 0.334 e. The van der Waals surface area contributed by atoms with Crippen molar-refractivity contribution in [1.82, 2.24) is 5.32 Å². The van der Waals surface area contributed by atoms with Crippen molar-refractivity contribution in [3.8, 4) is 0 Å². The summed E-state index contributed by atoms with van der Waals surface area (Å²) in [6.45, 7) is -0.0622. The average Bonchev–Trinajstić information content (AvgIpc) is 2.73. The minimum Gasteiger partial charge on any atom is -0.334 e. The molecule has 0 aliphatic heterocycles. The van der Waals surface area contributed by atoms with Gasteiger partial charge in [-0.2, -0.15) is 13.2 Å². The molecule has 0 fully saturated rings. The van der Waals surface area contributed by atoms with E-state index >= 15 is 0 Å². The van der Waals surface area contributed by atoms with Crippen molar-refractivity contribution in [3.63, 3.8) is 0 Å². The van der Waals surface area contributed by atoms with Crippen LogP contribution in [0.2, 0.25) is 0 Å². The van der Waals surface area contributed by atoms with E-state index in [4.69, 9.17) is 0 Å². The molecule has 3 aromatic rings. The van der Waals surface area contributed by atoms with Crippen LogP contribution in [0.4, 0.5) is 29.3 Å². The Hall–Kier alpha value is -3.81. The van der Waals surface area contributed by atoms with Crippen LogP contribution in [-0.4, -0.2) is 11.9 Å². The van der Waals surface area contributed by atoms with Gasteiger partial charge < -0.3 is 16.0 Å². The van der Waals surface area contributed by atoms with Crippen LogP contribution in [-0.2, 0) is 12.7 Å². The van der Waals surface area contributed by atoms with E-state index in [0.29, 0.717) is 22.5 Å². The van der Waals surface area contributed by atoms with E-state index in [1.165, 1.54) is 12.1 Å². The van der Waals surface area contributed by atoms with Gasteiger partial charge in [0.2, 0.25) is 0 Å². The fourth-order valence-corrected chi connectivity index (χ4v) is 2.64. The van der Waals surface area contributed by atoms with E-state index in [-0.39, 0.29) is 12.5 Å². The predicted octanol–water partition coefficient (Wildman–Crippen LogP) is 5.28. The highest BCUT2D eigenvalue weighted by molar-refractivity contribution is 6.04. The third kappa shape index (κ3) is 5.84. The zero-order chi connectivity index (χ0) is 21.6. The van der Waals surface area contributed by atoms with E-state index in [9.17, 15) is 22.8 Å². The molecule has 3 N–H and O–H groups in total. The molecule has 0 atom stereocenters. The molecule has 0 bridgehead atoms. The molecular formula is C22H18F3N3O2. The maximum absolute atomic E-state index is 12.7. The Labute approximate surface area is 170 Å². The van der Waals surface area contributed by atoms with Gasteiger partial charge in [-0.3, -0.25) is 4.79 Å². The van der Waals surface area contributed by atoms with Gasteiger partial charge >= 0.3 is 12.2 Å². The molecule has 0 saturated carbocycles. The molecule has 0 aliphatic rings. The molecule has 3 aromatic carbocycles. The maximum Gasteiger partial charge on any atom is 0.416 e. The van der Waals surface area contributed by atoms with Gasteiger partial charge in [-0.15, -0.1) is 0 Å². The summed E-state index contributed by atoms with van der Waals surface area (Å²) in [6.07, 6.45) is -4.44. The molecule has 154 valence electrons. The van der Waals surface area contributed by atoms with Gasteiger partial charge in [-0.25, -0.2) is 4.79 Å². The highest BCUT2D eigenvalue weighted by atomic mass is 19.4. The summed E-state index contributed by atoms with van der Waals surface area (Å²) in [5.74, 6) is -0.290. The van der Waals surface area contributed by atoms with Gasteiger partial charge in [0.25, 0.3) is 5.91 Å². The Kier molecular flexibility index (Phi) is 6.36. The first-order chi connectivity index (χ1) is 14.3. The van der Waals surface area contributed by atoms with Crippen molar-refractivity contribution in [2.45, 2.75) is 12.7 Å². The van der Waals surface area contributed by atoms with Crippen molar-refractivity contribution in [1.29, 1.82) is 0 Å². The molecule has 0 aliphatic carbocycles. The number of nitrogens with one attached hydrogen (secondary N) is 3. The highest BCUT2D eigenvalue weighted by Crippen LogP contribution is 2.29. The second-order valence-corrected chi connectivity index (χ2v) is 6.40. The summed E-state index contributed by atoms with van der Waals surface area (Å²) in [7, 11) is 0. The lowest BCUT2D eigenvalue weighted by Crippen LogP contribution is -2.28. The van der Waals surface area contributed by atoms with Crippen LogP contribution in [0.25, 0.3) is 0 Å². The molecule has 0 unspecified atom stereocenters. The normalized spacial score (nSPS) is 10.9. The molecule has 0 saturated heterocycles. The van der Waals surface area contributed by atoms with Crippen molar-refractivity contribution in [2.24, 2.45) is 0 Å². The quantitative estimate of drug-likeness (QED) is 0.533. The number of anilines is 2. The van der Waals surface area contributed by atoms with Crippen LogP contribution < -0.4 is 16.0 Å². The molecule has 0 radical (unpaired) electrons. The van der Waals surface area contributed by atoms with Crippen LogP contribution in [0, 0.1) is 0 Å². The van der Waals surface area contributed by atoms with E-state index in [0.717, 1.165) is 12.1 Å². The molecule has 3 rings (SSSR count). The summed E-state index contributed by atoms with van der Waals surface area (Å²) >= 11 is 0. The number of rotatable bonds is 5. The third-order valence-electron chi connectivity index (χ3n) is 4.14. The fraction of sp³-hybridized carbons (Fsp3) is 0.0909. The second-order valence-electron chi connectivity index (χ2n) is 6.40. The average molecular weight is 413 g/mol. The first-order valence-corrected chi connectivity index (χ1v) is 8.99. The summed E-state index contributed by atoms with van der Waals surface area (Å²) in [5.41, 5.74) is 1.07. The maximum atomic E-state index is 12.7. The number of amides is 3. The number of urea groups is 1. The Bertz CT molecular complexity index is 1020. The lowest BCUT2D eigenvalue weighted by atomic mass is 10.1. The monoisotopic (exact) mass is 413 g/mol. The van der Waals surface area contributed by atoms with Crippen molar-refractivity contribution in [2.75, 3.05) is 10.6 Å². The molecule has 3 amide bonds. The summed E-state index contributed by atoms with van der Waals surface area (Å²) in [4.78, 5) is 24.2. The van der Waals surface area contributed by atoms with Crippen molar-refractivity contribution < 1.29 is 22.8 Å². The Morgan fingerprint density at radius 2 is 1.43 bits per heavy atom. The molecule has 0 spiro atoms. The number of carbonyl (C=O) groups excluding carboxylic acids is 2. The minimum atomic E-state index is -4.44. The van der Waals surface area contributed by atoms with Crippen molar-refractivity contribution >= 4 is 23.3 Å². The van der Waals surface area contributed by atoms with Crippen LogP contribution in [0.3, 0.4) is 0 Å². The van der Waals surface area contributed by atoms with Gasteiger partial charge in [0, 0.05) is 23.5 Å². The number of benzene rings is 3. The van der Waals surface area contributed by atoms with Crippen LogP contribution in [0.15, 0.2) is 78.9 Å². The van der Waals surface area contributed by atoms with Gasteiger partial charge in [0.15, 0.2) is 0 Å². The van der Waals surface area contributed by atoms with Gasteiger partial charge in [0.05, 0.1) is 5.56 Å². The molecule has 8 heteroatoms. The lowest BCUT2D eigenvalue weighted by Gasteiger charge is -2.11. The number of hydrogen-bond acceptors (Lipinski definition) is 2. The Morgan fingerprint density at radius 1 is 0.767 bits per heavy atom.